The van der Waals surface area contributed by atoms with Gasteiger partial charge in [0.15, 0.2) is 0 Å². The van der Waals surface area contributed by atoms with Crippen molar-refractivity contribution < 1.29 is 4.79 Å². The molecule has 92 valence electrons. The summed E-state index contributed by atoms with van der Waals surface area (Å²) in [5.41, 5.74) is 1.68. The number of nitrogens with one attached hydrogen (secondary N) is 1. The maximum absolute atomic E-state index is 12.1. The van der Waals surface area contributed by atoms with E-state index in [0.717, 1.165) is 34.9 Å². The summed E-state index contributed by atoms with van der Waals surface area (Å²) in [6.45, 7) is 1.94. The zero-order chi connectivity index (χ0) is 12.4. The largest absolute Gasteiger partial charge is 0.348 e. The molecule has 0 spiro atoms. The van der Waals surface area contributed by atoms with E-state index in [2.05, 4.69) is 21.2 Å². The molecular weight excluding hydrogens is 302 g/mol. The molecule has 0 saturated heterocycles. The van der Waals surface area contributed by atoms with Crippen molar-refractivity contribution in [3.63, 3.8) is 0 Å². The molecule has 1 amide bonds. The molecule has 1 aromatic rings. The van der Waals surface area contributed by atoms with Crippen molar-refractivity contribution >= 4 is 33.4 Å². The molecule has 0 bridgehead atoms. The van der Waals surface area contributed by atoms with Gasteiger partial charge in [0.1, 0.15) is 0 Å². The summed E-state index contributed by atoms with van der Waals surface area (Å²) >= 11 is 9.59. The van der Waals surface area contributed by atoms with E-state index in [9.17, 15) is 4.79 Å². The lowest BCUT2D eigenvalue weighted by Gasteiger charge is -2.17. The first-order valence-corrected chi connectivity index (χ1v) is 7.02. The minimum absolute atomic E-state index is 0.0265. The molecule has 2 atom stereocenters. The number of halogens is 2. The molecule has 17 heavy (non-hydrogen) atoms. The van der Waals surface area contributed by atoms with Crippen molar-refractivity contribution in [3.05, 3.63) is 33.8 Å². The van der Waals surface area contributed by atoms with E-state index in [1.807, 2.05) is 25.1 Å². The molecule has 0 aliphatic heterocycles. The third-order valence-corrected chi connectivity index (χ3v) is 4.64. The lowest BCUT2D eigenvalue weighted by Crippen LogP contribution is -2.38. The lowest BCUT2D eigenvalue weighted by atomic mass is 10.1. The van der Waals surface area contributed by atoms with Gasteiger partial charge in [0.25, 0.3) is 5.91 Å². The third-order valence-electron chi connectivity index (χ3n) is 3.26. The SMILES string of the molecule is Cc1c(Br)cccc1C(=O)NC1CCCC1Cl. The predicted molar refractivity (Wildman–Crippen MR) is 73.6 cm³/mol. The van der Waals surface area contributed by atoms with Crippen LogP contribution in [0.15, 0.2) is 22.7 Å². The van der Waals surface area contributed by atoms with Gasteiger partial charge in [-0.05, 0) is 43.9 Å². The monoisotopic (exact) mass is 315 g/mol. The van der Waals surface area contributed by atoms with E-state index in [0.29, 0.717) is 0 Å². The van der Waals surface area contributed by atoms with E-state index in [4.69, 9.17) is 11.6 Å². The van der Waals surface area contributed by atoms with Crippen LogP contribution in [0.5, 0.6) is 0 Å². The summed E-state index contributed by atoms with van der Waals surface area (Å²) in [7, 11) is 0. The van der Waals surface area contributed by atoms with Crippen LogP contribution in [0.1, 0.15) is 35.2 Å². The van der Waals surface area contributed by atoms with Gasteiger partial charge in [-0.15, -0.1) is 11.6 Å². The Morgan fingerprint density at radius 1 is 1.47 bits per heavy atom. The van der Waals surface area contributed by atoms with Crippen LogP contribution in [-0.2, 0) is 0 Å². The summed E-state index contributed by atoms with van der Waals surface area (Å²) in [5.74, 6) is -0.0265. The molecule has 0 aromatic heterocycles. The quantitative estimate of drug-likeness (QED) is 0.829. The summed E-state index contributed by atoms with van der Waals surface area (Å²) < 4.78 is 0.957. The van der Waals surface area contributed by atoms with Gasteiger partial charge in [-0.1, -0.05) is 22.0 Å². The molecule has 1 saturated carbocycles. The van der Waals surface area contributed by atoms with Gasteiger partial charge in [0, 0.05) is 16.1 Å². The summed E-state index contributed by atoms with van der Waals surface area (Å²) in [4.78, 5) is 12.1. The van der Waals surface area contributed by atoms with Gasteiger partial charge < -0.3 is 5.32 Å². The van der Waals surface area contributed by atoms with Gasteiger partial charge in [0.2, 0.25) is 0 Å². The van der Waals surface area contributed by atoms with E-state index in [1.165, 1.54) is 0 Å². The smallest absolute Gasteiger partial charge is 0.251 e. The average molecular weight is 317 g/mol. The van der Waals surface area contributed by atoms with Crippen LogP contribution in [0.3, 0.4) is 0 Å². The van der Waals surface area contributed by atoms with Gasteiger partial charge >= 0.3 is 0 Å². The number of benzene rings is 1. The molecule has 2 nitrogen and oxygen atoms in total. The first-order chi connectivity index (χ1) is 8.09. The Labute approximate surface area is 115 Å². The molecule has 0 radical (unpaired) electrons. The minimum atomic E-state index is -0.0265. The van der Waals surface area contributed by atoms with Gasteiger partial charge in [0.05, 0.1) is 5.38 Å². The number of rotatable bonds is 2. The Bertz CT molecular complexity index is 435. The maximum atomic E-state index is 12.1. The molecular formula is C13H15BrClNO. The van der Waals surface area contributed by atoms with E-state index in [-0.39, 0.29) is 17.3 Å². The average Bonchev–Trinajstić information content (AvgIpc) is 2.68. The first kappa shape index (κ1) is 12.9. The number of carbonyl (C=O) groups excluding carboxylic acids is 1. The summed E-state index contributed by atoms with van der Waals surface area (Å²) in [5, 5.41) is 3.10. The number of carbonyl (C=O) groups is 1. The highest BCUT2D eigenvalue weighted by molar-refractivity contribution is 9.10. The molecule has 1 aliphatic carbocycles. The highest BCUT2D eigenvalue weighted by Crippen LogP contribution is 2.25. The highest BCUT2D eigenvalue weighted by atomic mass is 79.9. The second-order valence-electron chi connectivity index (χ2n) is 4.44. The summed E-state index contributed by atoms with van der Waals surface area (Å²) in [6.07, 6.45) is 3.06. The van der Waals surface area contributed by atoms with Crippen molar-refractivity contribution in [1.29, 1.82) is 0 Å². The topological polar surface area (TPSA) is 29.1 Å². The van der Waals surface area contributed by atoms with Crippen LogP contribution in [0.4, 0.5) is 0 Å². The normalized spacial score (nSPS) is 23.7. The van der Waals surface area contributed by atoms with Crippen molar-refractivity contribution in [2.75, 3.05) is 0 Å². The van der Waals surface area contributed by atoms with Crippen molar-refractivity contribution in [2.24, 2.45) is 0 Å². The molecule has 1 aromatic carbocycles. The Kier molecular flexibility index (Phi) is 4.10. The fourth-order valence-electron chi connectivity index (χ4n) is 2.18. The van der Waals surface area contributed by atoms with Crippen LogP contribution in [0.2, 0.25) is 0 Å². The number of alkyl halides is 1. The van der Waals surface area contributed by atoms with Crippen molar-refractivity contribution in [2.45, 2.75) is 37.6 Å². The standard InChI is InChI=1S/C13H15BrClNO/c1-8-9(4-2-5-10(8)14)13(17)16-12-7-3-6-11(12)15/h2,4-5,11-12H,3,6-7H2,1H3,(H,16,17). The number of hydrogen-bond donors (Lipinski definition) is 1. The fraction of sp³-hybridized carbons (Fsp3) is 0.462. The maximum Gasteiger partial charge on any atom is 0.251 e. The zero-order valence-corrected chi connectivity index (χ0v) is 12.0. The van der Waals surface area contributed by atoms with Gasteiger partial charge in [-0.2, -0.15) is 0 Å². The third kappa shape index (κ3) is 2.83. The van der Waals surface area contributed by atoms with E-state index in [1.54, 1.807) is 0 Å². The zero-order valence-electron chi connectivity index (χ0n) is 9.67. The Balaban J connectivity index is 2.12. The number of amides is 1. The van der Waals surface area contributed by atoms with Gasteiger partial charge in [-0.3, -0.25) is 4.79 Å². The molecule has 4 heteroatoms. The number of hydrogen-bond acceptors (Lipinski definition) is 1. The second-order valence-corrected chi connectivity index (χ2v) is 5.85. The van der Waals surface area contributed by atoms with Crippen molar-refractivity contribution in [1.82, 2.24) is 5.32 Å². The second kappa shape index (κ2) is 5.40. The van der Waals surface area contributed by atoms with Crippen molar-refractivity contribution in [3.8, 4) is 0 Å². The van der Waals surface area contributed by atoms with Crippen LogP contribution in [0.25, 0.3) is 0 Å². The van der Waals surface area contributed by atoms with E-state index < -0.39 is 0 Å². The molecule has 1 fully saturated rings. The minimum Gasteiger partial charge on any atom is -0.348 e. The van der Waals surface area contributed by atoms with Gasteiger partial charge in [-0.25, -0.2) is 0 Å². The molecule has 2 rings (SSSR count). The van der Waals surface area contributed by atoms with E-state index >= 15 is 0 Å². The first-order valence-electron chi connectivity index (χ1n) is 5.79. The molecule has 0 heterocycles. The Morgan fingerprint density at radius 3 is 2.88 bits per heavy atom. The van der Waals surface area contributed by atoms with Crippen LogP contribution < -0.4 is 5.32 Å². The Morgan fingerprint density at radius 2 is 2.24 bits per heavy atom. The Hall–Kier alpha value is -0.540. The predicted octanol–water partition coefficient (Wildman–Crippen LogP) is 3.65. The highest BCUT2D eigenvalue weighted by Gasteiger charge is 2.27. The lowest BCUT2D eigenvalue weighted by molar-refractivity contribution is 0.0937. The summed E-state index contributed by atoms with van der Waals surface area (Å²) in [6, 6.07) is 5.76. The molecule has 1 aliphatic rings. The van der Waals surface area contributed by atoms with Crippen LogP contribution in [-0.4, -0.2) is 17.3 Å². The molecule has 2 unspecified atom stereocenters. The fourth-order valence-corrected chi connectivity index (χ4v) is 2.89. The van der Waals surface area contributed by atoms with Crippen LogP contribution in [0, 0.1) is 6.92 Å². The molecule has 1 N–H and O–H groups in total. The van der Waals surface area contributed by atoms with Crippen LogP contribution >= 0.6 is 27.5 Å².